The largest absolute Gasteiger partial charge is 0.390 e. The molecule has 2 atom stereocenters. The summed E-state index contributed by atoms with van der Waals surface area (Å²) in [6.07, 6.45) is 1.94. The molecule has 1 aliphatic carbocycles. The lowest BCUT2D eigenvalue weighted by atomic mass is 9.91. The Morgan fingerprint density at radius 2 is 1.79 bits per heavy atom. The van der Waals surface area contributed by atoms with Gasteiger partial charge in [0.2, 0.25) is 5.91 Å². The standard InChI is InChI=1S/C13H23NO.C2H6N2/c1-12(2,3)6-11(15)14-7-9-10(8-14)13(9,4)5;1-4-2-3/h9-10H,6-8H2,1-5H3;2H,1H3,(H2,3,4)/t9-,10?;/m0./s1. The fourth-order valence-electron chi connectivity index (χ4n) is 2.90. The Balaban J connectivity index is 0.000000399. The molecule has 110 valence electrons. The Labute approximate surface area is 117 Å². The van der Waals surface area contributed by atoms with Crippen molar-refractivity contribution in [1.82, 2.24) is 4.90 Å². The van der Waals surface area contributed by atoms with Crippen LogP contribution in [0.3, 0.4) is 0 Å². The van der Waals surface area contributed by atoms with Gasteiger partial charge in [0.15, 0.2) is 0 Å². The average Bonchev–Trinajstić information content (AvgIpc) is 2.70. The minimum Gasteiger partial charge on any atom is -0.390 e. The molecule has 0 aromatic heterocycles. The van der Waals surface area contributed by atoms with Crippen molar-refractivity contribution in [3.05, 3.63) is 0 Å². The zero-order valence-electron chi connectivity index (χ0n) is 13.2. The molecule has 1 amide bonds. The summed E-state index contributed by atoms with van der Waals surface area (Å²) in [6, 6.07) is 0. The summed E-state index contributed by atoms with van der Waals surface area (Å²) in [6.45, 7) is 13.1. The molecule has 0 bridgehead atoms. The summed E-state index contributed by atoms with van der Waals surface area (Å²) >= 11 is 0. The third kappa shape index (κ3) is 3.95. The highest BCUT2D eigenvalue weighted by atomic mass is 16.2. The first-order valence-electron chi connectivity index (χ1n) is 7.03. The summed E-state index contributed by atoms with van der Waals surface area (Å²) < 4.78 is 0. The molecule has 1 unspecified atom stereocenters. The number of carbonyl (C=O) groups excluding carboxylic acids is 1. The van der Waals surface area contributed by atoms with Crippen LogP contribution in [0.2, 0.25) is 0 Å². The van der Waals surface area contributed by atoms with Crippen molar-refractivity contribution < 1.29 is 4.79 Å². The Bertz CT molecular complexity index is 337. The minimum absolute atomic E-state index is 0.124. The number of aliphatic imine (C=N–C) groups is 1. The number of amides is 1. The molecule has 4 nitrogen and oxygen atoms in total. The number of nitrogens with two attached hydrogens (primary N) is 1. The van der Waals surface area contributed by atoms with E-state index in [4.69, 9.17) is 5.73 Å². The molecule has 0 aromatic rings. The molecule has 4 heteroatoms. The smallest absolute Gasteiger partial charge is 0.223 e. The van der Waals surface area contributed by atoms with Crippen LogP contribution in [-0.4, -0.2) is 37.3 Å². The number of nitrogens with zero attached hydrogens (tertiary/aromatic N) is 2. The third-order valence-corrected chi connectivity index (χ3v) is 4.31. The maximum Gasteiger partial charge on any atom is 0.223 e. The van der Waals surface area contributed by atoms with Crippen LogP contribution in [0.1, 0.15) is 41.0 Å². The van der Waals surface area contributed by atoms with Crippen LogP contribution in [0.5, 0.6) is 0 Å². The van der Waals surface area contributed by atoms with Gasteiger partial charge in [-0.1, -0.05) is 34.6 Å². The lowest BCUT2D eigenvalue weighted by Crippen LogP contribution is -2.35. The van der Waals surface area contributed by atoms with E-state index >= 15 is 0 Å². The van der Waals surface area contributed by atoms with Crippen molar-refractivity contribution in [3.8, 4) is 0 Å². The molecular weight excluding hydrogens is 238 g/mol. The van der Waals surface area contributed by atoms with Crippen LogP contribution >= 0.6 is 0 Å². The summed E-state index contributed by atoms with van der Waals surface area (Å²) in [4.78, 5) is 17.4. The van der Waals surface area contributed by atoms with Gasteiger partial charge in [0.25, 0.3) is 0 Å². The van der Waals surface area contributed by atoms with Crippen LogP contribution in [0.15, 0.2) is 4.99 Å². The van der Waals surface area contributed by atoms with Gasteiger partial charge in [0, 0.05) is 26.6 Å². The number of hydrogen-bond donors (Lipinski definition) is 1. The number of carbonyl (C=O) groups is 1. The predicted octanol–water partition coefficient (Wildman–Crippen LogP) is 2.14. The van der Waals surface area contributed by atoms with E-state index in [0.717, 1.165) is 24.9 Å². The molecule has 2 fully saturated rings. The van der Waals surface area contributed by atoms with E-state index in [0.29, 0.717) is 17.7 Å². The second kappa shape index (κ2) is 5.51. The molecule has 0 aromatic carbocycles. The van der Waals surface area contributed by atoms with Gasteiger partial charge in [-0.05, 0) is 22.7 Å². The number of hydrogen-bond acceptors (Lipinski definition) is 2. The maximum atomic E-state index is 12.0. The van der Waals surface area contributed by atoms with Gasteiger partial charge < -0.3 is 10.6 Å². The third-order valence-electron chi connectivity index (χ3n) is 4.31. The molecule has 2 rings (SSSR count). The fraction of sp³-hybridized carbons (Fsp3) is 0.867. The number of likely N-dealkylation sites (tertiary alicyclic amines) is 1. The first kappa shape index (κ1) is 16.0. The number of fused-ring (bicyclic) bond motifs is 1. The van der Waals surface area contributed by atoms with Gasteiger partial charge in [0.1, 0.15) is 0 Å². The molecular formula is C15H29N3O. The van der Waals surface area contributed by atoms with Crippen molar-refractivity contribution in [2.24, 2.45) is 33.4 Å². The lowest BCUT2D eigenvalue weighted by Gasteiger charge is -2.26. The monoisotopic (exact) mass is 267 g/mol. The van der Waals surface area contributed by atoms with Gasteiger partial charge in [-0.3, -0.25) is 9.79 Å². The Morgan fingerprint density at radius 1 is 1.37 bits per heavy atom. The SMILES string of the molecule is CC(C)(C)CC(=O)N1CC2[C@H](C1)C2(C)C.CN=CN. The molecule has 19 heavy (non-hydrogen) atoms. The van der Waals surface area contributed by atoms with Crippen molar-refractivity contribution in [3.63, 3.8) is 0 Å². The Kier molecular flexibility index (Phi) is 4.64. The number of piperidine rings is 1. The van der Waals surface area contributed by atoms with E-state index in [1.165, 1.54) is 6.34 Å². The van der Waals surface area contributed by atoms with Gasteiger partial charge in [-0.2, -0.15) is 0 Å². The van der Waals surface area contributed by atoms with Gasteiger partial charge in [-0.25, -0.2) is 0 Å². The highest BCUT2D eigenvalue weighted by Gasteiger charge is 2.62. The van der Waals surface area contributed by atoms with Crippen molar-refractivity contribution >= 4 is 12.2 Å². The van der Waals surface area contributed by atoms with Crippen molar-refractivity contribution in [1.29, 1.82) is 0 Å². The maximum absolute atomic E-state index is 12.0. The molecule has 0 radical (unpaired) electrons. The summed E-state index contributed by atoms with van der Waals surface area (Å²) in [5.41, 5.74) is 5.37. The van der Waals surface area contributed by atoms with E-state index in [1.54, 1.807) is 7.05 Å². The summed E-state index contributed by atoms with van der Waals surface area (Å²) in [5.74, 6) is 1.91. The van der Waals surface area contributed by atoms with E-state index in [1.807, 2.05) is 0 Å². The molecule has 2 aliphatic rings. The van der Waals surface area contributed by atoms with E-state index in [2.05, 4.69) is 44.5 Å². The van der Waals surface area contributed by atoms with Crippen molar-refractivity contribution in [2.75, 3.05) is 20.1 Å². The van der Waals surface area contributed by atoms with Crippen molar-refractivity contribution in [2.45, 2.75) is 41.0 Å². The van der Waals surface area contributed by atoms with Crippen LogP contribution in [0, 0.1) is 22.7 Å². The summed E-state index contributed by atoms with van der Waals surface area (Å²) in [7, 11) is 1.62. The van der Waals surface area contributed by atoms with E-state index in [9.17, 15) is 4.79 Å². The number of rotatable bonds is 1. The highest BCUT2D eigenvalue weighted by molar-refractivity contribution is 5.77. The Hall–Kier alpha value is -1.06. The second-order valence-corrected chi connectivity index (χ2v) is 7.48. The van der Waals surface area contributed by atoms with E-state index < -0.39 is 0 Å². The highest BCUT2D eigenvalue weighted by Crippen LogP contribution is 2.62. The molecule has 1 heterocycles. The molecule has 2 N–H and O–H groups in total. The zero-order valence-corrected chi connectivity index (χ0v) is 13.2. The zero-order chi connectivity index (χ0) is 14.8. The van der Waals surface area contributed by atoms with Crippen LogP contribution in [0.25, 0.3) is 0 Å². The quantitative estimate of drug-likeness (QED) is 0.584. The molecule has 0 spiro atoms. The fourth-order valence-corrected chi connectivity index (χ4v) is 2.90. The van der Waals surface area contributed by atoms with Crippen LogP contribution in [-0.2, 0) is 4.79 Å². The topological polar surface area (TPSA) is 58.7 Å². The van der Waals surface area contributed by atoms with Gasteiger partial charge in [-0.15, -0.1) is 0 Å². The van der Waals surface area contributed by atoms with Gasteiger partial charge in [0.05, 0.1) is 6.34 Å². The predicted molar refractivity (Wildman–Crippen MR) is 80.0 cm³/mol. The van der Waals surface area contributed by atoms with Crippen LogP contribution < -0.4 is 5.73 Å². The first-order chi connectivity index (χ1) is 8.63. The molecule has 1 aliphatic heterocycles. The first-order valence-corrected chi connectivity index (χ1v) is 7.03. The second-order valence-electron chi connectivity index (χ2n) is 7.48. The van der Waals surface area contributed by atoms with E-state index in [-0.39, 0.29) is 5.41 Å². The normalized spacial score (nSPS) is 27.8. The van der Waals surface area contributed by atoms with Crippen LogP contribution in [0.4, 0.5) is 0 Å². The molecule has 1 saturated carbocycles. The Morgan fingerprint density at radius 3 is 2.11 bits per heavy atom. The lowest BCUT2D eigenvalue weighted by molar-refractivity contribution is -0.132. The van der Waals surface area contributed by atoms with Gasteiger partial charge >= 0.3 is 0 Å². The minimum atomic E-state index is 0.124. The average molecular weight is 267 g/mol. The summed E-state index contributed by atoms with van der Waals surface area (Å²) in [5, 5.41) is 0. The molecule has 1 saturated heterocycles.